The maximum Gasteiger partial charge on any atom is 0.229 e. The highest BCUT2D eigenvalue weighted by Crippen LogP contribution is 2.35. The van der Waals surface area contributed by atoms with E-state index in [1.807, 2.05) is 0 Å². The summed E-state index contributed by atoms with van der Waals surface area (Å²) in [4.78, 5) is 16.1. The molecule has 0 amide bonds. The topological polar surface area (TPSA) is 80.9 Å². The Morgan fingerprint density at radius 3 is 2.88 bits per heavy atom. The van der Waals surface area contributed by atoms with Crippen molar-refractivity contribution in [1.82, 2.24) is 15.0 Å². The first-order valence-corrected chi connectivity index (χ1v) is 8.87. The number of ether oxygens (including phenoxy) is 1. The number of quaternary nitrogens is 1. The number of rotatable bonds is 1. The summed E-state index contributed by atoms with van der Waals surface area (Å²) in [7, 11) is 0. The summed E-state index contributed by atoms with van der Waals surface area (Å²) in [5, 5.41) is 3.27. The van der Waals surface area contributed by atoms with Gasteiger partial charge in [-0.3, -0.25) is 0 Å². The average molecular weight is 340 g/mol. The molecule has 7 heteroatoms. The largest absolute Gasteiger partial charge is 0.432 e. The first kappa shape index (κ1) is 15.0. The number of hydrogen-bond acceptors (Lipinski definition) is 6. The number of aromatic nitrogens is 3. The van der Waals surface area contributed by atoms with Crippen molar-refractivity contribution < 1.29 is 14.5 Å². The standard InChI is InChI=1S/C18H21N5O2/c1-18(2)8-13-11(9-24-18)7-12-14-15(25-17(12)22-13)16(21-10-20-14)23-5-3-19-4-6-23/h7,10,19H,3-6,8-9H2,1-2H3/p+1. The molecule has 0 unspecified atom stereocenters. The average Bonchev–Trinajstić information content (AvgIpc) is 2.97. The first-order valence-electron chi connectivity index (χ1n) is 8.87. The van der Waals surface area contributed by atoms with Crippen LogP contribution in [-0.4, -0.2) is 46.7 Å². The molecule has 2 aliphatic rings. The van der Waals surface area contributed by atoms with Crippen LogP contribution >= 0.6 is 0 Å². The van der Waals surface area contributed by atoms with E-state index in [0.717, 1.165) is 66.2 Å². The van der Waals surface area contributed by atoms with Crippen LogP contribution in [0, 0.1) is 0 Å². The third kappa shape index (κ3) is 2.46. The van der Waals surface area contributed by atoms with Crippen molar-refractivity contribution in [3.05, 3.63) is 23.7 Å². The van der Waals surface area contributed by atoms with Gasteiger partial charge in [-0.1, -0.05) is 0 Å². The molecule has 130 valence electrons. The molecule has 7 nitrogen and oxygen atoms in total. The van der Waals surface area contributed by atoms with Crippen molar-refractivity contribution >= 4 is 28.0 Å². The molecule has 5 heterocycles. The summed E-state index contributed by atoms with van der Waals surface area (Å²) in [6, 6.07) is 2.12. The van der Waals surface area contributed by atoms with Gasteiger partial charge in [-0.05, 0) is 19.9 Å². The number of furan rings is 1. The number of nitrogens with zero attached hydrogens (tertiary/aromatic N) is 4. The summed E-state index contributed by atoms with van der Waals surface area (Å²) in [5.74, 6) is 0.880. The lowest BCUT2D eigenvalue weighted by Crippen LogP contribution is -2.89. The number of hydrogen-bond donors (Lipinski definition) is 1. The van der Waals surface area contributed by atoms with Crippen LogP contribution < -0.4 is 10.2 Å². The van der Waals surface area contributed by atoms with E-state index in [4.69, 9.17) is 14.1 Å². The second kappa shape index (κ2) is 5.37. The Morgan fingerprint density at radius 2 is 2.04 bits per heavy atom. The molecule has 2 N–H and O–H groups in total. The van der Waals surface area contributed by atoms with Crippen LogP contribution in [-0.2, 0) is 17.8 Å². The molecule has 3 aromatic rings. The minimum atomic E-state index is -0.186. The third-order valence-corrected chi connectivity index (χ3v) is 5.11. The van der Waals surface area contributed by atoms with Crippen LogP contribution in [0.3, 0.4) is 0 Å². The molecule has 0 atom stereocenters. The van der Waals surface area contributed by atoms with Gasteiger partial charge in [0.2, 0.25) is 5.71 Å². The molecule has 2 aliphatic heterocycles. The Balaban J connectivity index is 1.68. The zero-order valence-electron chi connectivity index (χ0n) is 14.6. The van der Waals surface area contributed by atoms with Gasteiger partial charge >= 0.3 is 0 Å². The van der Waals surface area contributed by atoms with Crippen molar-refractivity contribution in [3.63, 3.8) is 0 Å². The molecule has 0 radical (unpaired) electrons. The third-order valence-electron chi connectivity index (χ3n) is 5.11. The van der Waals surface area contributed by atoms with E-state index in [0.29, 0.717) is 12.3 Å². The first-order chi connectivity index (χ1) is 12.1. The van der Waals surface area contributed by atoms with Gasteiger partial charge in [0.15, 0.2) is 11.4 Å². The Labute approximate surface area is 145 Å². The zero-order valence-corrected chi connectivity index (χ0v) is 14.6. The quantitative estimate of drug-likeness (QED) is 0.712. The molecule has 0 aromatic carbocycles. The SMILES string of the molecule is CC1(C)Cc2nc3oc4c(N5CC[NH2+]CC5)ncnc4c3cc2CO1. The molecule has 0 bridgehead atoms. The molecule has 5 rings (SSSR count). The Bertz CT molecular complexity index is 959. The lowest BCUT2D eigenvalue weighted by Gasteiger charge is -2.30. The Kier molecular flexibility index (Phi) is 3.23. The second-order valence-corrected chi connectivity index (χ2v) is 7.50. The minimum absolute atomic E-state index is 0.186. The van der Waals surface area contributed by atoms with Crippen LogP contribution in [0.25, 0.3) is 22.2 Å². The van der Waals surface area contributed by atoms with Gasteiger partial charge in [0.25, 0.3) is 0 Å². The number of piperazine rings is 1. The predicted molar refractivity (Wildman–Crippen MR) is 93.5 cm³/mol. The monoisotopic (exact) mass is 340 g/mol. The van der Waals surface area contributed by atoms with E-state index < -0.39 is 0 Å². The highest BCUT2D eigenvalue weighted by Gasteiger charge is 2.29. The van der Waals surface area contributed by atoms with Gasteiger partial charge in [-0.15, -0.1) is 0 Å². The molecular formula is C18H22N5O2+. The van der Waals surface area contributed by atoms with Gasteiger partial charge in [-0.25, -0.2) is 15.0 Å². The molecule has 0 spiro atoms. The summed E-state index contributed by atoms with van der Waals surface area (Å²) in [6.45, 7) is 8.85. The van der Waals surface area contributed by atoms with Gasteiger partial charge < -0.3 is 19.4 Å². The molecule has 25 heavy (non-hydrogen) atoms. The van der Waals surface area contributed by atoms with Crippen LogP contribution in [0.1, 0.15) is 25.1 Å². The summed E-state index contributed by atoms with van der Waals surface area (Å²) < 4.78 is 12.1. The van der Waals surface area contributed by atoms with Crippen LogP contribution in [0.4, 0.5) is 5.82 Å². The number of anilines is 1. The number of nitrogens with two attached hydrogens (primary N) is 1. The highest BCUT2D eigenvalue weighted by molar-refractivity contribution is 6.04. The van der Waals surface area contributed by atoms with Crippen molar-refractivity contribution in [2.24, 2.45) is 0 Å². The molecule has 1 fully saturated rings. The van der Waals surface area contributed by atoms with Gasteiger partial charge in [0.1, 0.15) is 11.8 Å². The fraction of sp³-hybridized carbons (Fsp3) is 0.500. The van der Waals surface area contributed by atoms with E-state index in [1.54, 1.807) is 6.33 Å². The normalized spacial score (nSPS) is 20.2. The lowest BCUT2D eigenvalue weighted by molar-refractivity contribution is -0.655. The minimum Gasteiger partial charge on any atom is -0.432 e. The number of fused-ring (bicyclic) bond motifs is 4. The fourth-order valence-electron chi connectivity index (χ4n) is 3.76. The zero-order chi connectivity index (χ0) is 17.0. The summed E-state index contributed by atoms with van der Waals surface area (Å²) in [5.41, 5.74) is 4.24. The van der Waals surface area contributed by atoms with Crippen molar-refractivity contribution in [3.8, 4) is 0 Å². The molecular weight excluding hydrogens is 318 g/mol. The van der Waals surface area contributed by atoms with Gasteiger partial charge in [0.05, 0.1) is 49.5 Å². The Morgan fingerprint density at radius 1 is 1.20 bits per heavy atom. The lowest BCUT2D eigenvalue weighted by atomic mass is 9.95. The van der Waals surface area contributed by atoms with Crippen LogP contribution in [0.2, 0.25) is 0 Å². The van der Waals surface area contributed by atoms with E-state index >= 15 is 0 Å². The maximum atomic E-state index is 6.14. The molecule has 3 aromatic heterocycles. The Hall–Kier alpha value is -2.25. The van der Waals surface area contributed by atoms with E-state index in [1.165, 1.54) is 0 Å². The van der Waals surface area contributed by atoms with Crippen LogP contribution in [0.5, 0.6) is 0 Å². The maximum absolute atomic E-state index is 6.14. The molecule has 1 saturated heterocycles. The van der Waals surface area contributed by atoms with Crippen LogP contribution in [0.15, 0.2) is 16.8 Å². The predicted octanol–water partition coefficient (Wildman–Crippen LogP) is 1.01. The van der Waals surface area contributed by atoms with E-state index in [-0.39, 0.29) is 5.60 Å². The van der Waals surface area contributed by atoms with Crippen molar-refractivity contribution in [2.75, 3.05) is 31.1 Å². The fourth-order valence-corrected chi connectivity index (χ4v) is 3.76. The summed E-state index contributed by atoms with van der Waals surface area (Å²) in [6.07, 6.45) is 2.42. The highest BCUT2D eigenvalue weighted by atomic mass is 16.5. The van der Waals surface area contributed by atoms with E-state index in [9.17, 15) is 0 Å². The van der Waals surface area contributed by atoms with Gasteiger partial charge in [0, 0.05) is 12.0 Å². The van der Waals surface area contributed by atoms with E-state index in [2.05, 4.69) is 40.1 Å². The molecule has 0 aliphatic carbocycles. The second-order valence-electron chi connectivity index (χ2n) is 7.50. The van der Waals surface area contributed by atoms with Crippen molar-refractivity contribution in [2.45, 2.75) is 32.5 Å². The van der Waals surface area contributed by atoms with Gasteiger partial charge in [-0.2, -0.15) is 0 Å². The molecule has 0 saturated carbocycles. The smallest absolute Gasteiger partial charge is 0.229 e. The summed E-state index contributed by atoms with van der Waals surface area (Å²) >= 11 is 0. The van der Waals surface area contributed by atoms with Crippen molar-refractivity contribution in [1.29, 1.82) is 0 Å². The number of pyridine rings is 1.